The summed E-state index contributed by atoms with van der Waals surface area (Å²) in [5.41, 5.74) is 0.893. The van der Waals surface area contributed by atoms with Crippen LogP contribution >= 0.6 is 11.6 Å². The number of nitrogens with one attached hydrogen (secondary N) is 1. The van der Waals surface area contributed by atoms with Crippen molar-refractivity contribution in [3.8, 4) is 0 Å². The largest absolute Gasteiger partial charge is 0.338 e. The molecule has 6 heteroatoms. The number of hydrogen-bond donors (Lipinski definition) is 1. The Balaban J connectivity index is 1.85. The molecule has 0 saturated carbocycles. The van der Waals surface area contributed by atoms with Gasteiger partial charge in [-0.2, -0.15) is 0 Å². The highest BCUT2D eigenvalue weighted by Gasteiger charge is 2.42. The predicted molar refractivity (Wildman–Crippen MR) is 87.9 cm³/mol. The quantitative estimate of drug-likeness (QED) is 0.941. The molecule has 118 valence electrons. The molecule has 23 heavy (non-hydrogen) atoms. The van der Waals surface area contributed by atoms with Gasteiger partial charge in [0.2, 0.25) is 11.8 Å². The third kappa shape index (κ3) is 3.19. The third-order valence-electron chi connectivity index (χ3n) is 4.05. The van der Waals surface area contributed by atoms with E-state index in [1.807, 2.05) is 12.1 Å². The lowest BCUT2D eigenvalue weighted by atomic mass is 9.93. The van der Waals surface area contributed by atoms with Crippen LogP contribution in [0.4, 0.5) is 5.82 Å². The summed E-state index contributed by atoms with van der Waals surface area (Å²) in [4.78, 5) is 30.4. The lowest BCUT2D eigenvalue weighted by molar-refractivity contribution is -0.127. The summed E-state index contributed by atoms with van der Waals surface area (Å²) in [5, 5.41) is 3.40. The topological polar surface area (TPSA) is 62.3 Å². The van der Waals surface area contributed by atoms with Crippen molar-refractivity contribution in [2.75, 3.05) is 12.4 Å². The van der Waals surface area contributed by atoms with E-state index in [0.29, 0.717) is 10.8 Å². The van der Waals surface area contributed by atoms with Gasteiger partial charge in [-0.25, -0.2) is 4.98 Å². The fourth-order valence-electron chi connectivity index (χ4n) is 2.88. The Labute approximate surface area is 139 Å². The van der Waals surface area contributed by atoms with Crippen LogP contribution in [0.25, 0.3) is 0 Å². The average molecular weight is 330 g/mol. The molecular weight excluding hydrogens is 314 g/mol. The second-order valence-corrected chi connectivity index (χ2v) is 5.95. The Morgan fingerprint density at radius 3 is 2.65 bits per heavy atom. The van der Waals surface area contributed by atoms with Crippen LogP contribution in [0.1, 0.15) is 18.0 Å². The van der Waals surface area contributed by atoms with Gasteiger partial charge in [0.25, 0.3) is 0 Å². The highest BCUT2D eigenvalue weighted by Crippen LogP contribution is 2.37. The molecule has 5 nitrogen and oxygen atoms in total. The molecule has 1 aromatic carbocycles. The minimum atomic E-state index is -0.462. The minimum absolute atomic E-state index is 0.0499. The number of carbonyl (C=O) groups is 2. The van der Waals surface area contributed by atoms with Gasteiger partial charge in [-0.15, -0.1) is 0 Å². The van der Waals surface area contributed by atoms with Crippen molar-refractivity contribution in [3.63, 3.8) is 0 Å². The maximum atomic E-state index is 12.6. The molecule has 0 spiro atoms. The van der Waals surface area contributed by atoms with E-state index in [2.05, 4.69) is 10.3 Å². The van der Waals surface area contributed by atoms with E-state index in [4.69, 9.17) is 11.6 Å². The van der Waals surface area contributed by atoms with E-state index < -0.39 is 5.92 Å². The second kappa shape index (κ2) is 6.38. The van der Waals surface area contributed by atoms with Gasteiger partial charge in [-0.05, 0) is 29.8 Å². The average Bonchev–Trinajstić information content (AvgIpc) is 2.85. The molecule has 2 heterocycles. The molecular formula is C17H16ClN3O2. The number of hydrogen-bond acceptors (Lipinski definition) is 3. The zero-order valence-electron chi connectivity index (χ0n) is 12.6. The zero-order chi connectivity index (χ0) is 16.4. The van der Waals surface area contributed by atoms with Crippen LogP contribution in [0, 0.1) is 5.92 Å². The lowest BCUT2D eigenvalue weighted by Gasteiger charge is -2.24. The van der Waals surface area contributed by atoms with Crippen molar-refractivity contribution in [3.05, 3.63) is 59.2 Å². The van der Waals surface area contributed by atoms with Crippen molar-refractivity contribution in [2.24, 2.45) is 5.92 Å². The normalized spacial score (nSPS) is 20.6. The van der Waals surface area contributed by atoms with Crippen molar-refractivity contribution in [1.29, 1.82) is 0 Å². The summed E-state index contributed by atoms with van der Waals surface area (Å²) in [5.74, 6) is -0.238. The minimum Gasteiger partial charge on any atom is -0.338 e. The molecule has 0 unspecified atom stereocenters. The number of aromatic nitrogens is 1. The van der Waals surface area contributed by atoms with Crippen LogP contribution in [-0.4, -0.2) is 28.7 Å². The number of pyridine rings is 1. The Morgan fingerprint density at radius 1 is 1.26 bits per heavy atom. The lowest BCUT2D eigenvalue weighted by Crippen LogP contribution is -2.30. The summed E-state index contributed by atoms with van der Waals surface area (Å²) in [6.07, 6.45) is 1.79. The number of halogens is 1. The SMILES string of the molecule is CN1C(=O)C[C@H](C(=O)Nc2ccccn2)[C@H]1c1ccc(Cl)cc1. The van der Waals surface area contributed by atoms with E-state index in [0.717, 1.165) is 5.56 Å². The van der Waals surface area contributed by atoms with Gasteiger partial charge < -0.3 is 10.2 Å². The van der Waals surface area contributed by atoms with E-state index in [1.165, 1.54) is 0 Å². The summed E-state index contributed by atoms with van der Waals surface area (Å²) < 4.78 is 0. The van der Waals surface area contributed by atoms with Crippen molar-refractivity contribution < 1.29 is 9.59 Å². The molecule has 3 rings (SSSR count). The molecule has 1 aliphatic heterocycles. The molecule has 0 aliphatic carbocycles. The number of nitrogens with zero attached hydrogens (tertiary/aromatic N) is 2. The summed E-state index contributed by atoms with van der Waals surface area (Å²) >= 11 is 5.92. The number of carbonyl (C=O) groups excluding carboxylic acids is 2. The molecule has 2 aromatic rings. The smallest absolute Gasteiger partial charge is 0.231 e. The molecule has 1 fully saturated rings. The van der Waals surface area contributed by atoms with E-state index in [1.54, 1.807) is 48.5 Å². The Kier molecular flexibility index (Phi) is 4.30. The Hall–Kier alpha value is -2.40. The third-order valence-corrected chi connectivity index (χ3v) is 4.30. The van der Waals surface area contributed by atoms with Crippen LogP contribution < -0.4 is 5.32 Å². The first-order chi connectivity index (χ1) is 11.1. The predicted octanol–water partition coefficient (Wildman–Crippen LogP) is 2.89. The Morgan fingerprint density at radius 2 is 2.00 bits per heavy atom. The number of rotatable bonds is 3. The standard InChI is InChI=1S/C17H16ClN3O2/c1-21-15(22)10-13(16(21)11-5-7-12(18)8-6-11)17(23)20-14-4-2-3-9-19-14/h2-9,13,16H,10H2,1H3,(H,19,20,23)/t13-,16+/m0/s1. The molecule has 1 aliphatic rings. The van der Waals surface area contributed by atoms with Gasteiger partial charge in [0.05, 0.1) is 12.0 Å². The fraction of sp³-hybridized carbons (Fsp3) is 0.235. The van der Waals surface area contributed by atoms with Gasteiger partial charge >= 0.3 is 0 Å². The molecule has 1 aromatic heterocycles. The van der Waals surface area contributed by atoms with Gasteiger partial charge in [0.1, 0.15) is 5.82 Å². The maximum absolute atomic E-state index is 12.6. The van der Waals surface area contributed by atoms with E-state index in [9.17, 15) is 9.59 Å². The number of benzene rings is 1. The highest BCUT2D eigenvalue weighted by atomic mass is 35.5. The molecule has 0 bridgehead atoms. The summed E-state index contributed by atoms with van der Waals surface area (Å²) in [7, 11) is 1.72. The van der Waals surface area contributed by atoms with Crippen molar-refractivity contribution in [1.82, 2.24) is 9.88 Å². The molecule has 2 atom stereocenters. The molecule has 0 radical (unpaired) electrons. The highest BCUT2D eigenvalue weighted by molar-refractivity contribution is 6.30. The van der Waals surface area contributed by atoms with Gasteiger partial charge in [-0.1, -0.05) is 29.8 Å². The van der Waals surface area contributed by atoms with Crippen LogP contribution in [0.3, 0.4) is 0 Å². The molecule has 2 amide bonds. The summed E-state index contributed by atoms with van der Waals surface area (Å²) in [6, 6.07) is 12.2. The zero-order valence-corrected chi connectivity index (χ0v) is 13.3. The van der Waals surface area contributed by atoms with Crippen LogP contribution in [-0.2, 0) is 9.59 Å². The van der Waals surface area contributed by atoms with Crippen LogP contribution in [0.2, 0.25) is 5.02 Å². The monoisotopic (exact) mass is 329 g/mol. The second-order valence-electron chi connectivity index (χ2n) is 5.52. The number of likely N-dealkylation sites (tertiary alicyclic amines) is 1. The maximum Gasteiger partial charge on any atom is 0.231 e. The van der Waals surface area contributed by atoms with Gasteiger partial charge in [0, 0.05) is 24.7 Å². The molecule has 1 saturated heterocycles. The fourth-order valence-corrected chi connectivity index (χ4v) is 3.00. The first-order valence-corrected chi connectivity index (χ1v) is 7.67. The Bertz CT molecular complexity index is 718. The first-order valence-electron chi connectivity index (χ1n) is 7.29. The van der Waals surface area contributed by atoms with Crippen LogP contribution in [0.5, 0.6) is 0 Å². The number of anilines is 1. The van der Waals surface area contributed by atoms with Crippen molar-refractivity contribution >= 4 is 29.2 Å². The first kappa shape index (κ1) is 15.5. The van der Waals surface area contributed by atoms with E-state index >= 15 is 0 Å². The van der Waals surface area contributed by atoms with Crippen LogP contribution in [0.15, 0.2) is 48.7 Å². The van der Waals surface area contributed by atoms with Crippen molar-refractivity contribution in [2.45, 2.75) is 12.5 Å². The number of amides is 2. The van der Waals surface area contributed by atoms with Gasteiger partial charge in [0.15, 0.2) is 0 Å². The molecule has 1 N–H and O–H groups in total. The van der Waals surface area contributed by atoms with Gasteiger partial charge in [-0.3, -0.25) is 9.59 Å². The summed E-state index contributed by atoms with van der Waals surface area (Å²) in [6.45, 7) is 0. The van der Waals surface area contributed by atoms with E-state index in [-0.39, 0.29) is 24.3 Å².